The van der Waals surface area contributed by atoms with Crippen molar-refractivity contribution in [1.29, 1.82) is 0 Å². The highest BCUT2D eigenvalue weighted by atomic mass is 32.2. The van der Waals surface area contributed by atoms with Crippen molar-refractivity contribution >= 4 is 9.84 Å². The van der Waals surface area contributed by atoms with E-state index in [4.69, 9.17) is 0 Å². The number of hydrogen-bond acceptors (Lipinski definition) is 4. The third-order valence-electron chi connectivity index (χ3n) is 2.29. The van der Waals surface area contributed by atoms with Gasteiger partial charge in [-0.05, 0) is 32.4 Å². The van der Waals surface area contributed by atoms with Crippen LogP contribution in [0.3, 0.4) is 0 Å². The quantitative estimate of drug-likeness (QED) is 0.643. The van der Waals surface area contributed by atoms with E-state index >= 15 is 0 Å². The van der Waals surface area contributed by atoms with Crippen LogP contribution in [0.25, 0.3) is 0 Å². The molecular formula is C8H17NO3S. The average molecular weight is 207 g/mol. The van der Waals surface area contributed by atoms with Gasteiger partial charge in [-0.3, -0.25) is 0 Å². The zero-order valence-electron chi connectivity index (χ0n) is 7.91. The number of nitrogens with one attached hydrogen (secondary N) is 1. The Labute approximate surface area is 79.3 Å². The smallest absolute Gasteiger partial charge is 0.150 e. The van der Waals surface area contributed by atoms with E-state index in [1.807, 2.05) is 0 Å². The lowest BCUT2D eigenvalue weighted by atomic mass is 9.97. The van der Waals surface area contributed by atoms with E-state index in [0.717, 1.165) is 13.0 Å². The number of aliphatic hydroxyl groups is 1. The van der Waals surface area contributed by atoms with Gasteiger partial charge in [0.25, 0.3) is 0 Å². The van der Waals surface area contributed by atoms with Gasteiger partial charge < -0.3 is 10.4 Å². The Kier molecular flexibility index (Phi) is 3.32. The molecule has 0 aromatic heterocycles. The molecule has 1 heterocycles. The lowest BCUT2D eigenvalue weighted by Gasteiger charge is -2.24. The van der Waals surface area contributed by atoms with Crippen LogP contribution in [-0.4, -0.2) is 44.2 Å². The lowest BCUT2D eigenvalue weighted by Crippen LogP contribution is -2.37. The molecule has 0 aromatic rings. The van der Waals surface area contributed by atoms with Gasteiger partial charge >= 0.3 is 0 Å². The topological polar surface area (TPSA) is 66.4 Å². The van der Waals surface area contributed by atoms with Crippen LogP contribution in [0.4, 0.5) is 0 Å². The molecule has 1 aliphatic heterocycles. The predicted octanol–water partition coefficient (Wildman–Crippen LogP) is -0.464. The average Bonchev–Trinajstić information content (AvgIpc) is 2.09. The van der Waals surface area contributed by atoms with Gasteiger partial charge in [0.05, 0.1) is 11.4 Å². The van der Waals surface area contributed by atoms with E-state index in [0.29, 0.717) is 19.4 Å². The Bertz CT molecular complexity index is 253. The van der Waals surface area contributed by atoms with Crippen molar-refractivity contribution in [2.24, 2.45) is 0 Å². The third kappa shape index (κ3) is 4.06. The lowest BCUT2D eigenvalue weighted by molar-refractivity contribution is 0.0511. The Balaban J connectivity index is 2.62. The van der Waals surface area contributed by atoms with Gasteiger partial charge in [-0.2, -0.15) is 0 Å². The maximum Gasteiger partial charge on any atom is 0.150 e. The molecule has 0 bridgehead atoms. The zero-order chi connectivity index (χ0) is 9.95. The summed E-state index contributed by atoms with van der Waals surface area (Å²) in [6, 6.07) is 0. The van der Waals surface area contributed by atoms with Crippen LogP contribution in [0.5, 0.6) is 0 Å². The van der Waals surface area contributed by atoms with E-state index in [1.165, 1.54) is 6.26 Å². The number of rotatable bonds is 2. The molecule has 5 heteroatoms. The summed E-state index contributed by atoms with van der Waals surface area (Å²) in [4.78, 5) is 0. The molecule has 0 saturated carbocycles. The van der Waals surface area contributed by atoms with E-state index in [9.17, 15) is 13.5 Å². The first kappa shape index (κ1) is 10.9. The van der Waals surface area contributed by atoms with E-state index < -0.39 is 15.4 Å². The molecule has 1 atom stereocenters. The summed E-state index contributed by atoms with van der Waals surface area (Å²) in [7, 11) is -3.08. The van der Waals surface area contributed by atoms with Crippen molar-refractivity contribution in [3.8, 4) is 0 Å². The largest absolute Gasteiger partial charge is 0.389 e. The van der Waals surface area contributed by atoms with Crippen LogP contribution in [0.15, 0.2) is 0 Å². The molecule has 0 amide bonds. The van der Waals surface area contributed by atoms with Gasteiger partial charge in [-0.15, -0.1) is 0 Å². The minimum absolute atomic E-state index is 0.109. The summed E-state index contributed by atoms with van der Waals surface area (Å²) in [6.07, 6.45) is 3.11. The van der Waals surface area contributed by atoms with E-state index in [-0.39, 0.29) is 5.75 Å². The second kappa shape index (κ2) is 3.94. The van der Waals surface area contributed by atoms with Crippen molar-refractivity contribution in [3.63, 3.8) is 0 Å². The Morgan fingerprint density at radius 1 is 1.38 bits per heavy atom. The molecule has 1 fully saturated rings. The maximum atomic E-state index is 11.0. The standard InChI is InChI=1S/C8H17NO3S/c1-13(11,12)7-8(10)3-2-5-9-6-4-8/h9-10H,2-7H2,1H3. The van der Waals surface area contributed by atoms with Crippen LogP contribution < -0.4 is 5.32 Å². The Morgan fingerprint density at radius 3 is 2.69 bits per heavy atom. The monoisotopic (exact) mass is 207 g/mol. The van der Waals surface area contributed by atoms with Crippen molar-refractivity contribution < 1.29 is 13.5 Å². The first-order chi connectivity index (χ1) is 5.91. The fraction of sp³-hybridized carbons (Fsp3) is 1.00. The molecule has 1 rings (SSSR count). The second-order valence-electron chi connectivity index (χ2n) is 3.90. The SMILES string of the molecule is CS(=O)(=O)CC1(O)CCCNCC1. The minimum Gasteiger partial charge on any atom is -0.389 e. The molecule has 0 aliphatic carbocycles. The first-order valence-corrected chi connectivity index (χ1v) is 6.58. The van der Waals surface area contributed by atoms with Gasteiger partial charge in [0, 0.05) is 6.26 Å². The highest BCUT2D eigenvalue weighted by Crippen LogP contribution is 2.20. The van der Waals surface area contributed by atoms with Crippen molar-refractivity contribution in [1.82, 2.24) is 5.32 Å². The summed E-state index contributed by atoms with van der Waals surface area (Å²) in [6.45, 7) is 1.57. The zero-order valence-corrected chi connectivity index (χ0v) is 8.73. The summed E-state index contributed by atoms with van der Waals surface area (Å²) < 4.78 is 22.1. The van der Waals surface area contributed by atoms with Crippen LogP contribution in [-0.2, 0) is 9.84 Å². The molecule has 13 heavy (non-hydrogen) atoms. The van der Waals surface area contributed by atoms with Gasteiger partial charge in [0.2, 0.25) is 0 Å². The van der Waals surface area contributed by atoms with E-state index in [1.54, 1.807) is 0 Å². The highest BCUT2D eigenvalue weighted by molar-refractivity contribution is 7.90. The van der Waals surface area contributed by atoms with Crippen LogP contribution in [0, 0.1) is 0 Å². The second-order valence-corrected chi connectivity index (χ2v) is 6.04. The van der Waals surface area contributed by atoms with Crippen molar-refractivity contribution in [2.45, 2.75) is 24.9 Å². The highest BCUT2D eigenvalue weighted by Gasteiger charge is 2.31. The Hall–Kier alpha value is -0.130. The van der Waals surface area contributed by atoms with Crippen LogP contribution in [0.2, 0.25) is 0 Å². The summed E-state index contributed by atoms with van der Waals surface area (Å²) in [5.41, 5.74) is -1.00. The van der Waals surface area contributed by atoms with Crippen molar-refractivity contribution in [3.05, 3.63) is 0 Å². The molecule has 0 radical (unpaired) electrons. The molecular weight excluding hydrogens is 190 g/mol. The summed E-state index contributed by atoms with van der Waals surface area (Å²) >= 11 is 0. The predicted molar refractivity (Wildman–Crippen MR) is 51.4 cm³/mol. The molecule has 1 unspecified atom stereocenters. The fourth-order valence-corrected chi connectivity index (χ4v) is 3.01. The summed E-state index contributed by atoms with van der Waals surface area (Å²) in [5, 5.41) is 13.1. The van der Waals surface area contributed by atoms with Gasteiger partial charge in [-0.25, -0.2) is 8.42 Å². The number of hydrogen-bond donors (Lipinski definition) is 2. The van der Waals surface area contributed by atoms with E-state index in [2.05, 4.69) is 5.32 Å². The third-order valence-corrected chi connectivity index (χ3v) is 3.36. The summed E-state index contributed by atoms with van der Waals surface area (Å²) in [5.74, 6) is -0.109. The fourth-order valence-electron chi connectivity index (χ4n) is 1.75. The Morgan fingerprint density at radius 2 is 2.08 bits per heavy atom. The molecule has 0 spiro atoms. The molecule has 1 aliphatic rings. The minimum atomic E-state index is -3.08. The molecule has 0 aromatic carbocycles. The van der Waals surface area contributed by atoms with Crippen LogP contribution >= 0.6 is 0 Å². The maximum absolute atomic E-state index is 11.0. The molecule has 4 nitrogen and oxygen atoms in total. The van der Waals surface area contributed by atoms with Crippen LogP contribution in [0.1, 0.15) is 19.3 Å². The molecule has 78 valence electrons. The van der Waals surface area contributed by atoms with Gasteiger partial charge in [-0.1, -0.05) is 0 Å². The normalized spacial score (nSPS) is 31.2. The molecule has 2 N–H and O–H groups in total. The first-order valence-electron chi connectivity index (χ1n) is 4.52. The van der Waals surface area contributed by atoms with Gasteiger partial charge in [0.15, 0.2) is 0 Å². The van der Waals surface area contributed by atoms with Gasteiger partial charge in [0.1, 0.15) is 9.84 Å². The van der Waals surface area contributed by atoms with Crippen molar-refractivity contribution in [2.75, 3.05) is 25.1 Å². The molecule has 1 saturated heterocycles. The number of sulfone groups is 1.